The predicted octanol–water partition coefficient (Wildman–Crippen LogP) is 3.32. The first-order chi connectivity index (χ1) is 10.8. The normalized spacial score (nSPS) is 11.1. The maximum atomic E-state index is 12.5. The van der Waals surface area contributed by atoms with Crippen molar-refractivity contribution in [2.75, 3.05) is 11.8 Å². The molecule has 2 aromatic rings. The number of nitrogens with one attached hydrogen (secondary N) is 1. The van der Waals surface area contributed by atoms with Gasteiger partial charge >= 0.3 is 0 Å². The number of hydrogen-bond donors (Lipinski definition) is 1. The van der Waals surface area contributed by atoms with E-state index in [-0.39, 0.29) is 10.7 Å². The number of anilines is 1. The Hall–Kier alpha value is -2.34. The smallest absolute Gasteiger partial charge is 0.261 e. The summed E-state index contributed by atoms with van der Waals surface area (Å²) in [6.45, 7) is 5.13. The molecule has 0 unspecified atom stereocenters. The molecule has 0 bridgehead atoms. The molecule has 0 heterocycles. The molecule has 0 amide bonds. The molecule has 0 saturated heterocycles. The van der Waals surface area contributed by atoms with Crippen molar-refractivity contribution >= 4 is 21.5 Å². The highest BCUT2D eigenvalue weighted by Gasteiger charge is 2.17. The minimum absolute atomic E-state index is 0.107. The van der Waals surface area contributed by atoms with Crippen molar-refractivity contribution in [1.82, 2.24) is 0 Å². The summed E-state index contributed by atoms with van der Waals surface area (Å²) in [5.74, 6) is 0.597. The minimum atomic E-state index is -3.72. The van der Waals surface area contributed by atoms with Gasteiger partial charge in [-0.25, -0.2) is 8.42 Å². The standard InChI is InChI=1S/C17H19NO4S/c1-11-12(2)17(22-4)10-9-16(11)18-23(20,21)15-7-5-14(6-8-15)13(3)19/h5-10,18H,1-4H3. The van der Waals surface area contributed by atoms with Gasteiger partial charge < -0.3 is 4.74 Å². The van der Waals surface area contributed by atoms with E-state index in [4.69, 9.17) is 4.74 Å². The molecule has 0 radical (unpaired) electrons. The van der Waals surface area contributed by atoms with Gasteiger partial charge in [-0.1, -0.05) is 12.1 Å². The molecule has 2 aromatic carbocycles. The summed E-state index contributed by atoms with van der Waals surface area (Å²) in [5, 5.41) is 0. The van der Waals surface area contributed by atoms with Gasteiger partial charge in [0.1, 0.15) is 5.75 Å². The van der Waals surface area contributed by atoms with Gasteiger partial charge in [0.2, 0.25) is 0 Å². The Morgan fingerprint density at radius 1 is 1.00 bits per heavy atom. The van der Waals surface area contributed by atoms with Crippen molar-refractivity contribution in [2.24, 2.45) is 0 Å². The molecule has 0 aliphatic rings. The number of sulfonamides is 1. The molecule has 1 N–H and O–H groups in total. The van der Waals surface area contributed by atoms with E-state index in [0.717, 1.165) is 11.1 Å². The fraction of sp³-hybridized carbons (Fsp3) is 0.235. The Morgan fingerprint density at radius 3 is 2.13 bits per heavy atom. The summed E-state index contributed by atoms with van der Waals surface area (Å²) in [6.07, 6.45) is 0. The van der Waals surface area contributed by atoms with Crippen molar-refractivity contribution in [2.45, 2.75) is 25.7 Å². The van der Waals surface area contributed by atoms with Crippen LogP contribution in [-0.4, -0.2) is 21.3 Å². The lowest BCUT2D eigenvalue weighted by Crippen LogP contribution is -2.14. The predicted molar refractivity (Wildman–Crippen MR) is 89.7 cm³/mol. The number of ketones is 1. The Kier molecular flexibility index (Phi) is 4.75. The molecule has 5 nitrogen and oxygen atoms in total. The second kappa shape index (κ2) is 6.42. The van der Waals surface area contributed by atoms with Gasteiger partial charge in [-0.3, -0.25) is 9.52 Å². The minimum Gasteiger partial charge on any atom is -0.496 e. The Morgan fingerprint density at radius 2 is 1.61 bits per heavy atom. The van der Waals surface area contributed by atoms with E-state index in [1.54, 1.807) is 19.2 Å². The van der Waals surface area contributed by atoms with Crippen LogP contribution in [0, 0.1) is 13.8 Å². The summed E-state index contributed by atoms with van der Waals surface area (Å²) in [7, 11) is -2.15. The number of carbonyl (C=O) groups excluding carboxylic acids is 1. The summed E-state index contributed by atoms with van der Waals surface area (Å²) < 4.78 is 32.7. The zero-order chi connectivity index (χ0) is 17.2. The van der Waals surface area contributed by atoms with Crippen LogP contribution < -0.4 is 9.46 Å². The molecule has 0 fully saturated rings. The van der Waals surface area contributed by atoms with Crippen LogP contribution in [0.15, 0.2) is 41.3 Å². The molecule has 2 rings (SSSR count). The Bertz CT molecular complexity index is 840. The first-order valence-corrected chi connectivity index (χ1v) is 8.52. The summed E-state index contributed by atoms with van der Waals surface area (Å²) in [4.78, 5) is 11.4. The lowest BCUT2D eigenvalue weighted by Gasteiger charge is -2.14. The fourth-order valence-electron chi connectivity index (χ4n) is 2.20. The van der Waals surface area contributed by atoms with Gasteiger partial charge in [0, 0.05) is 5.56 Å². The molecule has 122 valence electrons. The molecule has 0 spiro atoms. The van der Waals surface area contributed by atoms with Crippen molar-refractivity contribution in [3.8, 4) is 5.75 Å². The van der Waals surface area contributed by atoms with Gasteiger partial charge in [0.25, 0.3) is 10.0 Å². The third-order valence-corrected chi connectivity index (χ3v) is 5.15. The van der Waals surface area contributed by atoms with E-state index in [9.17, 15) is 13.2 Å². The van der Waals surface area contributed by atoms with Crippen molar-refractivity contribution in [3.63, 3.8) is 0 Å². The summed E-state index contributed by atoms with van der Waals surface area (Å²) in [6, 6.07) is 9.24. The van der Waals surface area contributed by atoms with Crippen LogP contribution in [0.25, 0.3) is 0 Å². The first kappa shape index (κ1) is 17.0. The van der Waals surface area contributed by atoms with Crippen LogP contribution in [0.4, 0.5) is 5.69 Å². The molecular formula is C17H19NO4S. The SMILES string of the molecule is COc1ccc(NS(=O)(=O)c2ccc(C(C)=O)cc2)c(C)c1C. The van der Waals surface area contributed by atoms with Gasteiger partial charge in [0.05, 0.1) is 17.7 Å². The molecule has 0 atom stereocenters. The van der Waals surface area contributed by atoms with Gasteiger partial charge in [-0.15, -0.1) is 0 Å². The Balaban J connectivity index is 2.35. The Labute approximate surface area is 136 Å². The topological polar surface area (TPSA) is 72.5 Å². The number of rotatable bonds is 5. The average Bonchev–Trinajstić information content (AvgIpc) is 2.52. The fourth-order valence-corrected chi connectivity index (χ4v) is 3.32. The second-order valence-electron chi connectivity index (χ2n) is 5.25. The van der Waals surface area contributed by atoms with Crippen LogP contribution in [-0.2, 0) is 10.0 Å². The number of hydrogen-bond acceptors (Lipinski definition) is 4. The quantitative estimate of drug-likeness (QED) is 0.852. The number of benzene rings is 2. The molecule has 23 heavy (non-hydrogen) atoms. The molecular weight excluding hydrogens is 314 g/mol. The molecule has 0 aliphatic heterocycles. The highest BCUT2D eigenvalue weighted by Crippen LogP contribution is 2.28. The number of ether oxygens (including phenoxy) is 1. The van der Waals surface area contributed by atoms with Crippen molar-refractivity contribution in [1.29, 1.82) is 0 Å². The zero-order valence-electron chi connectivity index (χ0n) is 13.5. The molecule has 0 saturated carbocycles. The third kappa shape index (κ3) is 3.53. The summed E-state index contributed by atoms with van der Waals surface area (Å²) >= 11 is 0. The van der Waals surface area contributed by atoms with E-state index in [0.29, 0.717) is 17.0 Å². The zero-order valence-corrected chi connectivity index (χ0v) is 14.3. The van der Waals surface area contributed by atoms with Crippen LogP contribution in [0.3, 0.4) is 0 Å². The van der Waals surface area contributed by atoms with Crippen LogP contribution in [0.5, 0.6) is 5.75 Å². The highest BCUT2D eigenvalue weighted by molar-refractivity contribution is 7.92. The number of carbonyl (C=O) groups is 1. The summed E-state index contributed by atoms with van der Waals surface area (Å²) in [5.41, 5.74) is 2.65. The highest BCUT2D eigenvalue weighted by atomic mass is 32.2. The van der Waals surface area contributed by atoms with E-state index in [1.807, 2.05) is 13.8 Å². The van der Waals surface area contributed by atoms with E-state index >= 15 is 0 Å². The maximum Gasteiger partial charge on any atom is 0.261 e. The molecule has 0 aliphatic carbocycles. The van der Waals surface area contributed by atoms with Gasteiger partial charge in [-0.2, -0.15) is 0 Å². The molecule has 6 heteroatoms. The second-order valence-corrected chi connectivity index (χ2v) is 6.93. The van der Waals surface area contributed by atoms with Crippen LogP contribution >= 0.6 is 0 Å². The van der Waals surface area contributed by atoms with Crippen molar-refractivity contribution in [3.05, 3.63) is 53.1 Å². The maximum absolute atomic E-state index is 12.5. The van der Waals surface area contributed by atoms with Crippen LogP contribution in [0.2, 0.25) is 0 Å². The van der Waals surface area contributed by atoms with E-state index < -0.39 is 10.0 Å². The number of methoxy groups -OCH3 is 1. The van der Waals surface area contributed by atoms with Gasteiger partial charge in [-0.05, 0) is 56.2 Å². The van der Waals surface area contributed by atoms with Crippen molar-refractivity contribution < 1.29 is 17.9 Å². The van der Waals surface area contributed by atoms with E-state index in [2.05, 4.69) is 4.72 Å². The third-order valence-electron chi connectivity index (χ3n) is 3.77. The lowest BCUT2D eigenvalue weighted by molar-refractivity contribution is 0.101. The van der Waals surface area contributed by atoms with E-state index in [1.165, 1.54) is 31.2 Å². The molecule has 0 aromatic heterocycles. The average molecular weight is 333 g/mol. The number of Topliss-reactive ketones (excluding diaryl/α,β-unsaturated/α-hetero) is 1. The monoisotopic (exact) mass is 333 g/mol. The lowest BCUT2D eigenvalue weighted by atomic mass is 10.1. The van der Waals surface area contributed by atoms with Crippen LogP contribution in [0.1, 0.15) is 28.4 Å². The van der Waals surface area contributed by atoms with Gasteiger partial charge in [0.15, 0.2) is 5.78 Å². The largest absolute Gasteiger partial charge is 0.496 e. The first-order valence-electron chi connectivity index (χ1n) is 7.04.